The summed E-state index contributed by atoms with van der Waals surface area (Å²) < 4.78 is 3.45. The molecule has 3 rings (SSSR count). The van der Waals surface area contributed by atoms with Crippen LogP contribution >= 0.6 is 31.9 Å². The highest BCUT2D eigenvalue weighted by Gasteiger charge is 2.35. The van der Waals surface area contributed by atoms with Gasteiger partial charge in [-0.2, -0.15) is 0 Å². The molecule has 1 fully saturated rings. The van der Waals surface area contributed by atoms with E-state index in [1.807, 2.05) is 9.47 Å². The molecule has 1 aromatic heterocycles. The first-order valence-electron chi connectivity index (χ1n) is 4.87. The van der Waals surface area contributed by atoms with Gasteiger partial charge in [-0.25, -0.2) is 4.98 Å². The Morgan fingerprint density at radius 1 is 1.40 bits per heavy atom. The second-order valence-electron chi connectivity index (χ2n) is 4.06. The van der Waals surface area contributed by atoms with Crippen LogP contribution < -0.4 is 0 Å². The minimum absolute atomic E-state index is 0.0494. The molecule has 0 spiro atoms. The minimum atomic E-state index is 0.0494. The lowest BCUT2D eigenvalue weighted by molar-refractivity contribution is 0.0757. The standard InChI is InChI=1S/C9H9Br2N3O/c10-6-7(11)14-4-13(3-5-1-2-5)9(15)8(14)12-6/h5H,1-4H2. The summed E-state index contributed by atoms with van der Waals surface area (Å²) >= 11 is 6.72. The van der Waals surface area contributed by atoms with Gasteiger partial charge in [-0.3, -0.25) is 9.36 Å². The van der Waals surface area contributed by atoms with Crippen molar-refractivity contribution in [3.05, 3.63) is 15.0 Å². The zero-order valence-electron chi connectivity index (χ0n) is 7.91. The van der Waals surface area contributed by atoms with Gasteiger partial charge in [0.25, 0.3) is 5.91 Å². The topological polar surface area (TPSA) is 38.1 Å². The third-order valence-corrected chi connectivity index (χ3v) is 4.72. The Morgan fingerprint density at radius 3 is 2.73 bits per heavy atom. The Hall–Kier alpha value is -0.360. The number of amides is 1. The van der Waals surface area contributed by atoms with Gasteiger partial charge in [0.05, 0.1) is 0 Å². The normalized spacial score (nSPS) is 19.9. The van der Waals surface area contributed by atoms with Crippen LogP contribution in [0.2, 0.25) is 0 Å². The highest BCUT2D eigenvalue weighted by Crippen LogP contribution is 2.33. The van der Waals surface area contributed by atoms with Gasteiger partial charge in [-0.1, -0.05) is 0 Å². The van der Waals surface area contributed by atoms with Crippen LogP contribution in [0.1, 0.15) is 23.5 Å². The molecular weight excluding hydrogens is 326 g/mol. The van der Waals surface area contributed by atoms with Crippen LogP contribution in [0.3, 0.4) is 0 Å². The van der Waals surface area contributed by atoms with Crippen LogP contribution in [-0.4, -0.2) is 26.9 Å². The van der Waals surface area contributed by atoms with Crippen LogP contribution in [0.15, 0.2) is 9.21 Å². The van der Waals surface area contributed by atoms with Gasteiger partial charge >= 0.3 is 0 Å². The summed E-state index contributed by atoms with van der Waals surface area (Å²) in [6.07, 6.45) is 2.52. The van der Waals surface area contributed by atoms with E-state index in [1.54, 1.807) is 0 Å². The minimum Gasteiger partial charge on any atom is -0.318 e. The molecule has 0 bridgehead atoms. The maximum Gasteiger partial charge on any atom is 0.291 e. The van der Waals surface area contributed by atoms with E-state index in [0.717, 1.165) is 17.1 Å². The molecule has 0 atom stereocenters. The van der Waals surface area contributed by atoms with Crippen molar-refractivity contribution in [3.8, 4) is 0 Å². The molecule has 0 unspecified atom stereocenters. The number of nitrogens with zero attached hydrogens (tertiary/aromatic N) is 3. The molecular formula is C9H9Br2N3O. The Labute approximate surface area is 104 Å². The van der Waals surface area contributed by atoms with Gasteiger partial charge in [0, 0.05) is 6.54 Å². The van der Waals surface area contributed by atoms with Crippen molar-refractivity contribution in [2.24, 2.45) is 5.92 Å². The first-order chi connectivity index (χ1) is 7.16. The largest absolute Gasteiger partial charge is 0.318 e. The zero-order valence-corrected chi connectivity index (χ0v) is 11.1. The summed E-state index contributed by atoms with van der Waals surface area (Å²) in [6.45, 7) is 1.51. The van der Waals surface area contributed by atoms with Crippen molar-refractivity contribution in [1.29, 1.82) is 0 Å². The van der Waals surface area contributed by atoms with Crippen LogP contribution in [0.5, 0.6) is 0 Å². The fraction of sp³-hybridized carbons (Fsp3) is 0.556. The summed E-state index contributed by atoms with van der Waals surface area (Å²) in [7, 11) is 0. The Morgan fingerprint density at radius 2 is 2.13 bits per heavy atom. The Bertz CT molecular complexity index is 439. The third kappa shape index (κ3) is 1.54. The number of hydrogen-bond donors (Lipinski definition) is 0. The Kier molecular flexibility index (Phi) is 2.17. The van der Waals surface area contributed by atoms with Crippen LogP contribution in [0.4, 0.5) is 0 Å². The number of fused-ring (bicyclic) bond motifs is 1. The number of imidazole rings is 1. The van der Waals surface area contributed by atoms with E-state index < -0.39 is 0 Å². The summed E-state index contributed by atoms with van der Waals surface area (Å²) in [4.78, 5) is 18.0. The van der Waals surface area contributed by atoms with E-state index in [-0.39, 0.29) is 5.91 Å². The van der Waals surface area contributed by atoms with Gasteiger partial charge in [0.15, 0.2) is 0 Å². The summed E-state index contributed by atoms with van der Waals surface area (Å²) in [5, 5.41) is 0. The fourth-order valence-corrected chi connectivity index (χ4v) is 2.58. The lowest BCUT2D eigenvalue weighted by atomic mass is 10.4. The van der Waals surface area contributed by atoms with Crippen molar-refractivity contribution in [2.75, 3.05) is 6.54 Å². The molecule has 1 aliphatic heterocycles. The number of hydrogen-bond acceptors (Lipinski definition) is 2. The van der Waals surface area contributed by atoms with Crippen molar-refractivity contribution in [2.45, 2.75) is 19.5 Å². The molecule has 1 aliphatic carbocycles. The SMILES string of the molecule is O=C1c2nc(Br)c(Br)n2CN1CC1CC1. The van der Waals surface area contributed by atoms with Crippen molar-refractivity contribution in [3.63, 3.8) is 0 Å². The molecule has 2 heterocycles. The molecule has 1 amide bonds. The molecule has 6 heteroatoms. The van der Waals surface area contributed by atoms with Crippen LogP contribution in [0, 0.1) is 5.92 Å². The third-order valence-electron chi connectivity index (χ3n) is 2.83. The molecule has 15 heavy (non-hydrogen) atoms. The second kappa shape index (κ2) is 3.31. The zero-order chi connectivity index (χ0) is 10.6. The van der Waals surface area contributed by atoms with Gasteiger partial charge in [0.1, 0.15) is 15.9 Å². The molecule has 0 aromatic carbocycles. The molecule has 0 N–H and O–H groups in total. The smallest absolute Gasteiger partial charge is 0.291 e. The summed E-state index contributed by atoms with van der Waals surface area (Å²) in [5.74, 6) is 1.31. The molecule has 80 valence electrons. The first kappa shape index (κ1) is 9.84. The first-order valence-corrected chi connectivity index (χ1v) is 6.46. The number of halogens is 2. The van der Waals surface area contributed by atoms with E-state index >= 15 is 0 Å². The van der Waals surface area contributed by atoms with Crippen molar-refractivity contribution >= 4 is 37.8 Å². The Balaban J connectivity index is 1.88. The fourth-order valence-electron chi connectivity index (χ4n) is 1.83. The monoisotopic (exact) mass is 333 g/mol. The van der Waals surface area contributed by atoms with Crippen molar-refractivity contribution < 1.29 is 4.79 Å². The summed E-state index contributed by atoms with van der Waals surface area (Å²) in [6, 6.07) is 0. The van der Waals surface area contributed by atoms with E-state index in [9.17, 15) is 4.79 Å². The van der Waals surface area contributed by atoms with Crippen LogP contribution in [0.25, 0.3) is 0 Å². The number of rotatable bonds is 2. The second-order valence-corrected chi connectivity index (χ2v) is 5.56. The maximum absolute atomic E-state index is 11.9. The van der Waals surface area contributed by atoms with Gasteiger partial charge < -0.3 is 4.90 Å². The number of carbonyl (C=O) groups excluding carboxylic acids is 1. The van der Waals surface area contributed by atoms with Gasteiger partial charge in [-0.05, 0) is 50.6 Å². The van der Waals surface area contributed by atoms with Crippen LogP contribution in [-0.2, 0) is 6.67 Å². The summed E-state index contributed by atoms with van der Waals surface area (Å²) in [5.41, 5.74) is 0. The van der Waals surface area contributed by atoms with Gasteiger partial charge in [-0.15, -0.1) is 0 Å². The maximum atomic E-state index is 11.9. The average molecular weight is 335 g/mol. The average Bonchev–Trinajstić information content (AvgIpc) is 2.92. The molecule has 0 saturated heterocycles. The van der Waals surface area contributed by atoms with E-state index in [2.05, 4.69) is 36.8 Å². The van der Waals surface area contributed by atoms with E-state index in [0.29, 0.717) is 17.1 Å². The number of aromatic nitrogens is 2. The predicted molar refractivity (Wildman–Crippen MR) is 61.4 cm³/mol. The molecule has 2 aliphatic rings. The predicted octanol–water partition coefficient (Wildman–Crippen LogP) is 2.23. The van der Waals surface area contributed by atoms with E-state index in [1.165, 1.54) is 12.8 Å². The lowest BCUT2D eigenvalue weighted by Gasteiger charge is -2.14. The molecule has 1 saturated carbocycles. The molecule has 4 nitrogen and oxygen atoms in total. The lowest BCUT2D eigenvalue weighted by Crippen LogP contribution is -2.27. The van der Waals surface area contributed by atoms with Gasteiger partial charge in [0.2, 0.25) is 5.82 Å². The quantitative estimate of drug-likeness (QED) is 0.831. The van der Waals surface area contributed by atoms with Crippen molar-refractivity contribution in [1.82, 2.24) is 14.5 Å². The highest BCUT2D eigenvalue weighted by atomic mass is 79.9. The highest BCUT2D eigenvalue weighted by molar-refractivity contribution is 9.13. The molecule has 0 radical (unpaired) electrons. The number of carbonyl (C=O) groups is 1. The van der Waals surface area contributed by atoms with E-state index in [4.69, 9.17) is 0 Å². The molecule has 1 aromatic rings.